The summed E-state index contributed by atoms with van der Waals surface area (Å²) in [7, 11) is 0. The van der Waals surface area contributed by atoms with E-state index in [1.54, 1.807) is 28.4 Å². The molecule has 7 nitrogen and oxygen atoms in total. The third-order valence-corrected chi connectivity index (χ3v) is 4.75. The molecular weight excluding hydrogens is 358 g/mol. The van der Waals surface area contributed by atoms with Gasteiger partial charge in [-0.25, -0.2) is 19.6 Å². The summed E-state index contributed by atoms with van der Waals surface area (Å²) in [5.74, 6) is 2.01. The molecule has 0 amide bonds. The molecule has 3 aromatic rings. The van der Waals surface area contributed by atoms with Gasteiger partial charge in [0, 0.05) is 30.5 Å². The van der Waals surface area contributed by atoms with E-state index in [2.05, 4.69) is 56.8 Å². The van der Waals surface area contributed by atoms with Crippen molar-refractivity contribution in [1.82, 2.24) is 30.4 Å². The van der Waals surface area contributed by atoms with Gasteiger partial charge >= 0.3 is 0 Å². The van der Waals surface area contributed by atoms with Crippen molar-refractivity contribution >= 4 is 17.3 Å². The van der Waals surface area contributed by atoms with Gasteiger partial charge in [0.05, 0.1) is 18.8 Å². The number of nitrogens with one attached hydrogen (secondary N) is 2. The first kappa shape index (κ1) is 19.0. The van der Waals surface area contributed by atoms with Gasteiger partial charge in [-0.3, -0.25) is 0 Å². The van der Waals surface area contributed by atoms with Gasteiger partial charge in [-0.2, -0.15) is 5.10 Å². The van der Waals surface area contributed by atoms with Crippen molar-refractivity contribution in [3.8, 4) is 5.82 Å². The van der Waals surface area contributed by atoms with Crippen LogP contribution in [-0.2, 0) is 13.1 Å². The SMILES string of the molecule is CCNC(=NCc1ccnc(-n2cccn2)c1)NCc1nc(C(C)C)cs1. The van der Waals surface area contributed by atoms with Gasteiger partial charge in [0.15, 0.2) is 11.8 Å². The normalized spacial score (nSPS) is 11.8. The molecule has 0 bridgehead atoms. The molecule has 8 heteroatoms. The van der Waals surface area contributed by atoms with Crippen molar-refractivity contribution in [1.29, 1.82) is 0 Å². The average Bonchev–Trinajstić information content (AvgIpc) is 3.36. The Kier molecular flexibility index (Phi) is 6.54. The number of guanidine groups is 1. The van der Waals surface area contributed by atoms with Crippen LogP contribution in [-0.4, -0.2) is 32.3 Å². The fourth-order valence-electron chi connectivity index (χ4n) is 2.43. The van der Waals surface area contributed by atoms with Gasteiger partial charge in [0.1, 0.15) is 5.01 Å². The highest BCUT2D eigenvalue weighted by Gasteiger charge is 2.06. The number of hydrogen-bond acceptors (Lipinski definition) is 5. The maximum Gasteiger partial charge on any atom is 0.191 e. The Hall–Kier alpha value is -2.74. The lowest BCUT2D eigenvalue weighted by Crippen LogP contribution is -2.36. The van der Waals surface area contributed by atoms with E-state index < -0.39 is 0 Å². The highest BCUT2D eigenvalue weighted by atomic mass is 32.1. The number of hydrogen-bond donors (Lipinski definition) is 2. The van der Waals surface area contributed by atoms with Gasteiger partial charge < -0.3 is 10.6 Å². The minimum absolute atomic E-state index is 0.451. The summed E-state index contributed by atoms with van der Waals surface area (Å²) < 4.78 is 1.74. The monoisotopic (exact) mass is 383 g/mol. The van der Waals surface area contributed by atoms with Crippen LogP contribution in [0.2, 0.25) is 0 Å². The predicted octanol–water partition coefficient (Wildman–Crippen LogP) is 3.10. The van der Waals surface area contributed by atoms with Gasteiger partial charge in [-0.1, -0.05) is 13.8 Å². The van der Waals surface area contributed by atoms with E-state index in [0.717, 1.165) is 34.6 Å². The van der Waals surface area contributed by atoms with Crippen LogP contribution in [0.15, 0.2) is 47.2 Å². The topological polar surface area (TPSA) is 80.0 Å². The zero-order valence-electron chi connectivity index (χ0n) is 15.9. The molecule has 0 unspecified atom stereocenters. The molecule has 2 N–H and O–H groups in total. The van der Waals surface area contributed by atoms with E-state index in [1.807, 2.05) is 24.4 Å². The van der Waals surface area contributed by atoms with E-state index in [1.165, 1.54) is 0 Å². The van der Waals surface area contributed by atoms with Crippen LogP contribution in [0.3, 0.4) is 0 Å². The Labute approximate surface area is 163 Å². The number of thiazole rings is 1. The Morgan fingerprint density at radius 1 is 1.30 bits per heavy atom. The number of aromatic nitrogens is 4. The zero-order chi connectivity index (χ0) is 19.1. The summed E-state index contributed by atoms with van der Waals surface area (Å²) in [6.45, 7) is 8.39. The summed E-state index contributed by atoms with van der Waals surface area (Å²) in [6.07, 6.45) is 5.40. The predicted molar refractivity (Wildman–Crippen MR) is 109 cm³/mol. The zero-order valence-corrected chi connectivity index (χ0v) is 16.7. The lowest BCUT2D eigenvalue weighted by Gasteiger charge is -2.10. The molecule has 0 saturated heterocycles. The number of pyridine rings is 1. The minimum atomic E-state index is 0.451. The largest absolute Gasteiger partial charge is 0.357 e. The van der Waals surface area contributed by atoms with Crippen molar-refractivity contribution in [3.05, 3.63) is 58.4 Å². The standard InChI is InChI=1S/C19H25N7S/c1-4-20-19(23-12-18-25-16(13-27-18)14(2)3)22-11-15-6-8-21-17(10-15)26-9-5-7-24-26/h5-10,13-14H,4,11-12H2,1-3H3,(H2,20,22,23). The van der Waals surface area contributed by atoms with Crippen LogP contribution in [0.4, 0.5) is 0 Å². The quantitative estimate of drug-likeness (QED) is 0.484. The first-order valence-corrected chi connectivity index (χ1v) is 9.95. The highest BCUT2D eigenvalue weighted by Crippen LogP contribution is 2.17. The van der Waals surface area contributed by atoms with Gasteiger partial charge in [0.2, 0.25) is 0 Å². The molecule has 3 aromatic heterocycles. The lowest BCUT2D eigenvalue weighted by molar-refractivity contribution is 0.787. The van der Waals surface area contributed by atoms with E-state index in [-0.39, 0.29) is 0 Å². The summed E-state index contributed by atoms with van der Waals surface area (Å²) >= 11 is 1.68. The maximum atomic E-state index is 4.68. The first-order valence-electron chi connectivity index (χ1n) is 9.07. The van der Waals surface area contributed by atoms with E-state index in [9.17, 15) is 0 Å². The van der Waals surface area contributed by atoms with Crippen molar-refractivity contribution in [2.24, 2.45) is 4.99 Å². The molecule has 0 spiro atoms. The summed E-state index contributed by atoms with van der Waals surface area (Å²) in [6, 6.07) is 5.84. The third-order valence-electron chi connectivity index (χ3n) is 3.88. The van der Waals surface area contributed by atoms with Crippen molar-refractivity contribution in [2.75, 3.05) is 6.54 Å². The van der Waals surface area contributed by atoms with Gasteiger partial charge in [-0.05, 0) is 36.6 Å². The van der Waals surface area contributed by atoms with E-state index in [4.69, 9.17) is 0 Å². The van der Waals surface area contributed by atoms with Crippen molar-refractivity contribution < 1.29 is 0 Å². The van der Waals surface area contributed by atoms with E-state index >= 15 is 0 Å². The van der Waals surface area contributed by atoms with Gasteiger partial charge in [0.25, 0.3) is 0 Å². The van der Waals surface area contributed by atoms with Crippen LogP contribution < -0.4 is 10.6 Å². The molecule has 0 aliphatic rings. The molecule has 27 heavy (non-hydrogen) atoms. The number of aliphatic imine (C=N–C) groups is 1. The molecule has 0 aromatic carbocycles. The van der Waals surface area contributed by atoms with Crippen LogP contribution in [0.1, 0.15) is 43.0 Å². The second kappa shape index (κ2) is 9.27. The van der Waals surface area contributed by atoms with E-state index in [0.29, 0.717) is 19.0 Å². The molecule has 0 saturated carbocycles. The Bertz CT molecular complexity index is 868. The van der Waals surface area contributed by atoms with Crippen molar-refractivity contribution in [3.63, 3.8) is 0 Å². The average molecular weight is 384 g/mol. The molecule has 3 rings (SSSR count). The number of rotatable bonds is 7. The second-order valence-corrected chi connectivity index (χ2v) is 7.29. The molecule has 0 atom stereocenters. The van der Waals surface area contributed by atoms with Gasteiger partial charge in [-0.15, -0.1) is 11.3 Å². The smallest absolute Gasteiger partial charge is 0.191 e. The number of nitrogens with zero attached hydrogens (tertiary/aromatic N) is 5. The van der Waals surface area contributed by atoms with Crippen molar-refractivity contribution in [2.45, 2.75) is 39.8 Å². The Morgan fingerprint density at radius 2 is 2.19 bits per heavy atom. The molecule has 3 heterocycles. The fourth-order valence-corrected chi connectivity index (χ4v) is 3.33. The molecule has 142 valence electrons. The van der Waals surface area contributed by atoms with Crippen LogP contribution in [0, 0.1) is 0 Å². The fraction of sp³-hybridized carbons (Fsp3) is 0.368. The minimum Gasteiger partial charge on any atom is -0.357 e. The molecule has 0 fully saturated rings. The first-order chi connectivity index (χ1) is 13.2. The van der Waals surface area contributed by atoms with Crippen LogP contribution in [0.5, 0.6) is 0 Å². The summed E-state index contributed by atoms with van der Waals surface area (Å²) in [5, 5.41) is 14.0. The molecule has 0 radical (unpaired) electrons. The third kappa shape index (κ3) is 5.37. The molecule has 0 aliphatic carbocycles. The summed E-state index contributed by atoms with van der Waals surface area (Å²) in [5.41, 5.74) is 2.21. The second-order valence-electron chi connectivity index (χ2n) is 6.34. The lowest BCUT2D eigenvalue weighted by atomic mass is 10.2. The Morgan fingerprint density at radius 3 is 2.89 bits per heavy atom. The van der Waals surface area contributed by atoms with Crippen LogP contribution in [0.25, 0.3) is 5.82 Å². The van der Waals surface area contributed by atoms with Crippen LogP contribution >= 0.6 is 11.3 Å². The summed E-state index contributed by atoms with van der Waals surface area (Å²) in [4.78, 5) is 13.7. The highest BCUT2D eigenvalue weighted by molar-refractivity contribution is 7.09. The molecular formula is C19H25N7S. The molecule has 0 aliphatic heterocycles. The Balaban J connectivity index is 1.64. The maximum absolute atomic E-state index is 4.68.